The molecule has 0 aromatic rings. The molecule has 5 rings (SSSR count). The van der Waals surface area contributed by atoms with Crippen LogP contribution in [0, 0.1) is 23.7 Å². The highest BCUT2D eigenvalue weighted by atomic mass is 16.2. The number of carbonyl (C=O) groups excluding carboxylic acids is 1. The summed E-state index contributed by atoms with van der Waals surface area (Å²) in [5.41, 5.74) is 0. The Kier molecular flexibility index (Phi) is 2.87. The molecule has 1 aliphatic heterocycles. The van der Waals surface area contributed by atoms with Gasteiger partial charge in [-0.2, -0.15) is 0 Å². The summed E-state index contributed by atoms with van der Waals surface area (Å²) in [4.78, 5) is 14.8. The van der Waals surface area contributed by atoms with Crippen LogP contribution < -0.4 is 5.32 Å². The summed E-state index contributed by atoms with van der Waals surface area (Å²) in [6, 6.07) is 0.671. The second kappa shape index (κ2) is 4.47. The summed E-state index contributed by atoms with van der Waals surface area (Å²) in [6.07, 6.45) is 9.27. The van der Waals surface area contributed by atoms with Gasteiger partial charge in [-0.3, -0.25) is 4.79 Å². The van der Waals surface area contributed by atoms with Crippen LogP contribution in [0.5, 0.6) is 0 Å². The Hall–Kier alpha value is -0.570. The number of rotatable bonds is 2. The summed E-state index contributed by atoms with van der Waals surface area (Å²) >= 11 is 0. The molecule has 3 heteroatoms. The summed E-state index contributed by atoms with van der Waals surface area (Å²) in [7, 11) is 2.08. The van der Waals surface area contributed by atoms with E-state index < -0.39 is 0 Å². The molecule has 106 valence electrons. The second-order valence-electron chi connectivity index (χ2n) is 7.52. The van der Waals surface area contributed by atoms with Crippen molar-refractivity contribution in [1.29, 1.82) is 0 Å². The normalized spacial score (nSPS) is 47.6. The lowest BCUT2D eigenvalue weighted by molar-refractivity contribution is -0.143. The average molecular weight is 262 g/mol. The van der Waals surface area contributed by atoms with E-state index in [9.17, 15) is 4.79 Å². The van der Waals surface area contributed by atoms with E-state index in [1.54, 1.807) is 0 Å². The highest BCUT2D eigenvalue weighted by Crippen LogP contribution is 2.55. The summed E-state index contributed by atoms with van der Waals surface area (Å²) in [6.45, 7) is 1.02. The van der Waals surface area contributed by atoms with Gasteiger partial charge in [0.15, 0.2) is 0 Å². The van der Waals surface area contributed by atoms with Crippen LogP contribution >= 0.6 is 0 Å². The largest absolute Gasteiger partial charge is 0.341 e. The van der Waals surface area contributed by atoms with Crippen molar-refractivity contribution in [3.63, 3.8) is 0 Å². The van der Waals surface area contributed by atoms with E-state index in [1.165, 1.54) is 32.1 Å². The third-order valence-electron chi connectivity index (χ3n) is 6.33. The molecule has 1 saturated heterocycles. The SMILES string of the molecule is CN(C(=O)[C@H]1CCCN1)C1C2CC3CC(C2)CC1C3. The molecule has 1 N–H and O–H groups in total. The van der Waals surface area contributed by atoms with E-state index in [1.807, 2.05) is 0 Å². The quantitative estimate of drug-likeness (QED) is 0.826. The average Bonchev–Trinajstić information content (AvgIpc) is 2.90. The lowest BCUT2D eigenvalue weighted by Crippen LogP contribution is -2.58. The Morgan fingerprint density at radius 3 is 2.21 bits per heavy atom. The zero-order chi connectivity index (χ0) is 13.0. The van der Waals surface area contributed by atoms with Crippen molar-refractivity contribution in [2.24, 2.45) is 23.7 Å². The molecule has 0 unspecified atom stereocenters. The molecule has 0 aromatic heterocycles. The topological polar surface area (TPSA) is 32.3 Å². The molecule has 4 saturated carbocycles. The maximum Gasteiger partial charge on any atom is 0.239 e. The third kappa shape index (κ3) is 1.93. The molecular weight excluding hydrogens is 236 g/mol. The van der Waals surface area contributed by atoms with Crippen LogP contribution in [-0.2, 0) is 4.79 Å². The Morgan fingerprint density at radius 1 is 1.05 bits per heavy atom. The molecule has 0 spiro atoms. The van der Waals surface area contributed by atoms with Crippen LogP contribution in [0.4, 0.5) is 0 Å². The number of nitrogens with zero attached hydrogens (tertiary/aromatic N) is 1. The minimum Gasteiger partial charge on any atom is -0.341 e. The van der Waals surface area contributed by atoms with Gasteiger partial charge in [0.1, 0.15) is 0 Å². The van der Waals surface area contributed by atoms with Gasteiger partial charge in [-0.25, -0.2) is 0 Å². The standard InChI is InChI=1S/C16H26N2O/c1-18(16(19)14-3-2-4-17-14)15-12-6-10-5-11(8-12)9-13(15)7-10/h10-15,17H,2-9H2,1H3/t10?,11?,12?,13?,14-,15?/m1/s1. The molecule has 19 heavy (non-hydrogen) atoms. The van der Waals surface area contributed by atoms with Crippen LogP contribution in [-0.4, -0.2) is 36.5 Å². The summed E-state index contributed by atoms with van der Waals surface area (Å²) in [5.74, 6) is 3.98. The van der Waals surface area contributed by atoms with Crippen molar-refractivity contribution in [3.05, 3.63) is 0 Å². The van der Waals surface area contributed by atoms with E-state index in [0.717, 1.165) is 43.1 Å². The maximum absolute atomic E-state index is 12.6. The highest BCUT2D eigenvalue weighted by Gasteiger charge is 2.50. The first-order chi connectivity index (χ1) is 9.22. The van der Waals surface area contributed by atoms with Gasteiger partial charge in [-0.05, 0) is 75.2 Å². The van der Waals surface area contributed by atoms with E-state index in [4.69, 9.17) is 0 Å². The zero-order valence-electron chi connectivity index (χ0n) is 12.0. The first-order valence-electron chi connectivity index (χ1n) is 8.22. The van der Waals surface area contributed by atoms with Crippen molar-refractivity contribution < 1.29 is 4.79 Å². The Bertz CT molecular complexity index is 347. The van der Waals surface area contributed by atoms with Gasteiger partial charge in [0, 0.05) is 13.1 Å². The van der Waals surface area contributed by atoms with Gasteiger partial charge < -0.3 is 10.2 Å². The van der Waals surface area contributed by atoms with Crippen molar-refractivity contribution in [2.45, 2.75) is 57.0 Å². The molecule has 0 aromatic carbocycles. The van der Waals surface area contributed by atoms with Gasteiger partial charge in [0.05, 0.1) is 6.04 Å². The smallest absolute Gasteiger partial charge is 0.239 e. The Labute approximate surface area is 116 Å². The van der Waals surface area contributed by atoms with E-state index in [0.29, 0.717) is 11.9 Å². The number of likely N-dealkylation sites (N-methyl/N-ethyl adjacent to an activating group) is 1. The molecule has 0 radical (unpaired) electrons. The molecule has 1 heterocycles. The lowest BCUT2D eigenvalue weighted by atomic mass is 9.54. The summed E-state index contributed by atoms with van der Waals surface area (Å²) in [5, 5.41) is 3.37. The number of nitrogens with one attached hydrogen (secondary N) is 1. The van der Waals surface area contributed by atoms with E-state index in [-0.39, 0.29) is 6.04 Å². The number of hydrogen-bond acceptors (Lipinski definition) is 2. The fraction of sp³-hybridized carbons (Fsp3) is 0.938. The highest BCUT2D eigenvalue weighted by molar-refractivity contribution is 5.82. The van der Waals surface area contributed by atoms with Gasteiger partial charge in [0.25, 0.3) is 0 Å². The van der Waals surface area contributed by atoms with Crippen LogP contribution in [0.25, 0.3) is 0 Å². The molecular formula is C16H26N2O. The van der Waals surface area contributed by atoms with Gasteiger partial charge in [-0.1, -0.05) is 0 Å². The number of hydrogen-bond donors (Lipinski definition) is 1. The molecule has 3 nitrogen and oxygen atoms in total. The Morgan fingerprint density at radius 2 is 1.68 bits per heavy atom. The van der Waals surface area contributed by atoms with E-state index >= 15 is 0 Å². The molecule has 5 fully saturated rings. The lowest BCUT2D eigenvalue weighted by Gasteiger charge is -2.56. The number of carbonyl (C=O) groups is 1. The monoisotopic (exact) mass is 262 g/mol. The predicted molar refractivity (Wildman–Crippen MR) is 74.6 cm³/mol. The van der Waals surface area contributed by atoms with Crippen LogP contribution in [0.3, 0.4) is 0 Å². The van der Waals surface area contributed by atoms with E-state index in [2.05, 4.69) is 17.3 Å². The Balaban J connectivity index is 1.50. The van der Waals surface area contributed by atoms with Gasteiger partial charge in [0.2, 0.25) is 5.91 Å². The molecule has 5 aliphatic rings. The first-order valence-corrected chi connectivity index (χ1v) is 8.22. The fourth-order valence-corrected chi connectivity index (χ4v) is 5.82. The summed E-state index contributed by atoms with van der Waals surface area (Å²) < 4.78 is 0. The second-order valence-corrected chi connectivity index (χ2v) is 7.52. The maximum atomic E-state index is 12.6. The zero-order valence-corrected chi connectivity index (χ0v) is 12.0. The fourth-order valence-electron chi connectivity index (χ4n) is 5.82. The molecule has 4 bridgehead atoms. The molecule has 1 amide bonds. The molecule has 1 atom stereocenters. The van der Waals surface area contributed by atoms with Crippen molar-refractivity contribution in [1.82, 2.24) is 10.2 Å². The van der Waals surface area contributed by atoms with Crippen molar-refractivity contribution >= 4 is 5.91 Å². The molecule has 4 aliphatic carbocycles. The first kappa shape index (κ1) is 12.2. The van der Waals surface area contributed by atoms with Crippen LogP contribution in [0.2, 0.25) is 0 Å². The van der Waals surface area contributed by atoms with Crippen molar-refractivity contribution in [2.75, 3.05) is 13.6 Å². The number of amides is 1. The minimum absolute atomic E-state index is 0.113. The minimum atomic E-state index is 0.113. The predicted octanol–water partition coefficient (Wildman–Crippen LogP) is 2.02. The van der Waals surface area contributed by atoms with Crippen molar-refractivity contribution in [3.8, 4) is 0 Å². The van der Waals surface area contributed by atoms with Crippen LogP contribution in [0.1, 0.15) is 44.9 Å². The third-order valence-corrected chi connectivity index (χ3v) is 6.33. The van der Waals surface area contributed by atoms with Gasteiger partial charge in [-0.15, -0.1) is 0 Å². The van der Waals surface area contributed by atoms with Crippen LogP contribution in [0.15, 0.2) is 0 Å². The van der Waals surface area contributed by atoms with Gasteiger partial charge >= 0.3 is 0 Å².